The number of hydrogen-bond acceptors (Lipinski definition) is 3. The average molecular weight is 306 g/mol. The molecule has 1 aromatic rings. The standard InChI is InChI=1S/C17H23FN2O2/c1-11-8-15(13-4-2-3-5-14(13)18)20(10-11)17(21)16-7-6-12(9-19)22-16/h2-5,11-12,15-16H,6-10,19H2,1H3/t11?,12-,15?,16+/m1/s1. The molecule has 2 aliphatic heterocycles. The SMILES string of the molecule is CC1CC(c2ccccc2F)N(C(=O)[C@@H]2CC[C@H](CN)O2)C1. The van der Waals surface area contributed by atoms with Gasteiger partial charge in [0, 0.05) is 18.7 Å². The maximum absolute atomic E-state index is 14.1. The lowest BCUT2D eigenvalue weighted by Gasteiger charge is -2.28. The molecule has 2 aliphatic rings. The molecule has 5 heteroatoms. The third kappa shape index (κ3) is 2.88. The number of nitrogens with zero attached hydrogens (tertiary/aromatic N) is 1. The highest BCUT2D eigenvalue weighted by atomic mass is 19.1. The second kappa shape index (κ2) is 6.34. The van der Waals surface area contributed by atoms with Gasteiger partial charge in [-0.3, -0.25) is 4.79 Å². The molecule has 2 unspecified atom stereocenters. The van der Waals surface area contributed by atoms with Crippen LogP contribution in [0.5, 0.6) is 0 Å². The van der Waals surface area contributed by atoms with E-state index in [9.17, 15) is 9.18 Å². The maximum Gasteiger partial charge on any atom is 0.252 e. The minimum absolute atomic E-state index is 0.0199. The number of amides is 1. The lowest BCUT2D eigenvalue weighted by molar-refractivity contribution is -0.143. The third-order valence-corrected chi connectivity index (χ3v) is 4.70. The summed E-state index contributed by atoms with van der Waals surface area (Å²) < 4.78 is 19.8. The zero-order valence-electron chi connectivity index (χ0n) is 12.9. The third-order valence-electron chi connectivity index (χ3n) is 4.70. The highest BCUT2D eigenvalue weighted by Gasteiger charge is 2.40. The number of hydrogen-bond donors (Lipinski definition) is 1. The van der Waals surface area contributed by atoms with E-state index in [4.69, 9.17) is 10.5 Å². The van der Waals surface area contributed by atoms with E-state index in [0.29, 0.717) is 31.0 Å². The van der Waals surface area contributed by atoms with E-state index < -0.39 is 6.10 Å². The van der Waals surface area contributed by atoms with Gasteiger partial charge in [0.1, 0.15) is 11.9 Å². The van der Waals surface area contributed by atoms with Crippen LogP contribution in [-0.2, 0) is 9.53 Å². The summed E-state index contributed by atoms with van der Waals surface area (Å²) in [4.78, 5) is 14.6. The average Bonchev–Trinajstić information content (AvgIpc) is 3.13. The Balaban J connectivity index is 1.79. The van der Waals surface area contributed by atoms with Gasteiger partial charge < -0.3 is 15.4 Å². The number of rotatable bonds is 3. The molecule has 0 aliphatic carbocycles. The monoisotopic (exact) mass is 306 g/mol. The van der Waals surface area contributed by atoms with Crippen molar-refractivity contribution in [2.45, 2.75) is 44.4 Å². The lowest BCUT2D eigenvalue weighted by atomic mass is 10.00. The number of ether oxygens (including phenoxy) is 1. The maximum atomic E-state index is 14.1. The summed E-state index contributed by atoms with van der Waals surface area (Å²) in [6.45, 7) is 3.20. The predicted octanol–water partition coefficient (Wildman–Crippen LogP) is 2.24. The van der Waals surface area contributed by atoms with Gasteiger partial charge in [-0.15, -0.1) is 0 Å². The van der Waals surface area contributed by atoms with E-state index in [1.807, 2.05) is 6.07 Å². The zero-order valence-corrected chi connectivity index (χ0v) is 12.9. The van der Waals surface area contributed by atoms with Crippen molar-refractivity contribution in [3.63, 3.8) is 0 Å². The van der Waals surface area contributed by atoms with Crippen LogP contribution in [0.1, 0.15) is 37.8 Å². The van der Waals surface area contributed by atoms with E-state index in [2.05, 4.69) is 6.92 Å². The van der Waals surface area contributed by atoms with Crippen molar-refractivity contribution in [2.75, 3.05) is 13.1 Å². The molecule has 4 atom stereocenters. The van der Waals surface area contributed by atoms with Gasteiger partial charge in [0.05, 0.1) is 12.1 Å². The Labute approximate surface area is 130 Å². The van der Waals surface area contributed by atoms with Gasteiger partial charge in [-0.05, 0) is 31.2 Å². The molecule has 0 bridgehead atoms. The van der Waals surface area contributed by atoms with Crippen molar-refractivity contribution < 1.29 is 13.9 Å². The van der Waals surface area contributed by atoms with Gasteiger partial charge in [-0.1, -0.05) is 25.1 Å². The fraction of sp³-hybridized carbons (Fsp3) is 0.588. The molecule has 120 valence electrons. The molecular formula is C17H23FN2O2. The first kappa shape index (κ1) is 15.4. The minimum Gasteiger partial charge on any atom is -0.364 e. The quantitative estimate of drug-likeness (QED) is 0.932. The van der Waals surface area contributed by atoms with Gasteiger partial charge in [0.2, 0.25) is 0 Å². The molecule has 2 N–H and O–H groups in total. The zero-order chi connectivity index (χ0) is 15.7. The first-order chi connectivity index (χ1) is 10.6. The second-order valence-corrected chi connectivity index (χ2v) is 6.43. The first-order valence-electron chi connectivity index (χ1n) is 8.00. The fourth-order valence-corrected chi connectivity index (χ4v) is 3.58. The highest BCUT2D eigenvalue weighted by molar-refractivity contribution is 5.82. The summed E-state index contributed by atoms with van der Waals surface area (Å²) in [6.07, 6.45) is 1.87. The van der Waals surface area contributed by atoms with Gasteiger partial charge in [0.25, 0.3) is 5.91 Å². The Morgan fingerprint density at radius 1 is 1.41 bits per heavy atom. The second-order valence-electron chi connectivity index (χ2n) is 6.43. The molecule has 1 aromatic carbocycles. The van der Waals surface area contributed by atoms with E-state index in [-0.39, 0.29) is 23.9 Å². The van der Waals surface area contributed by atoms with Crippen LogP contribution >= 0.6 is 0 Å². The molecular weight excluding hydrogens is 283 g/mol. The summed E-state index contributed by atoms with van der Waals surface area (Å²) in [5, 5.41) is 0. The van der Waals surface area contributed by atoms with Crippen LogP contribution in [0.2, 0.25) is 0 Å². The molecule has 0 saturated carbocycles. The fourth-order valence-electron chi connectivity index (χ4n) is 3.58. The number of halogens is 1. The van der Waals surface area contributed by atoms with Gasteiger partial charge in [-0.2, -0.15) is 0 Å². The Bertz CT molecular complexity index is 551. The van der Waals surface area contributed by atoms with Crippen molar-refractivity contribution in [3.8, 4) is 0 Å². The van der Waals surface area contributed by atoms with Crippen LogP contribution in [0, 0.1) is 11.7 Å². The minimum atomic E-state index is -0.423. The number of likely N-dealkylation sites (tertiary alicyclic amines) is 1. The van der Waals surface area contributed by atoms with Crippen molar-refractivity contribution in [1.82, 2.24) is 4.90 Å². The Morgan fingerprint density at radius 3 is 2.86 bits per heavy atom. The van der Waals surface area contributed by atoms with Gasteiger partial charge in [0.15, 0.2) is 0 Å². The Morgan fingerprint density at radius 2 is 2.18 bits per heavy atom. The molecule has 3 rings (SSSR count). The molecule has 2 heterocycles. The van der Waals surface area contributed by atoms with Crippen molar-refractivity contribution in [2.24, 2.45) is 11.7 Å². The largest absolute Gasteiger partial charge is 0.364 e. The van der Waals surface area contributed by atoms with Crippen LogP contribution in [0.25, 0.3) is 0 Å². The summed E-state index contributed by atoms with van der Waals surface area (Å²) in [6, 6.07) is 6.54. The number of benzene rings is 1. The molecule has 2 fully saturated rings. The Hall–Kier alpha value is -1.46. The van der Waals surface area contributed by atoms with E-state index in [1.165, 1.54) is 6.07 Å². The molecule has 2 saturated heterocycles. The summed E-state index contributed by atoms with van der Waals surface area (Å²) >= 11 is 0. The normalized spacial score (nSPS) is 31.7. The number of carbonyl (C=O) groups excluding carboxylic acids is 1. The highest BCUT2D eigenvalue weighted by Crippen LogP contribution is 2.38. The smallest absolute Gasteiger partial charge is 0.252 e. The summed E-state index contributed by atoms with van der Waals surface area (Å²) in [5.74, 6) is 0.0976. The van der Waals surface area contributed by atoms with Crippen molar-refractivity contribution >= 4 is 5.91 Å². The van der Waals surface area contributed by atoms with Crippen LogP contribution in [0.4, 0.5) is 4.39 Å². The molecule has 1 amide bonds. The Kier molecular flexibility index (Phi) is 4.45. The van der Waals surface area contributed by atoms with E-state index >= 15 is 0 Å². The van der Waals surface area contributed by atoms with Gasteiger partial charge in [-0.25, -0.2) is 4.39 Å². The first-order valence-corrected chi connectivity index (χ1v) is 8.00. The topological polar surface area (TPSA) is 55.6 Å². The van der Waals surface area contributed by atoms with Gasteiger partial charge >= 0.3 is 0 Å². The van der Waals surface area contributed by atoms with Crippen molar-refractivity contribution in [1.29, 1.82) is 0 Å². The predicted molar refractivity (Wildman–Crippen MR) is 81.6 cm³/mol. The molecule has 4 nitrogen and oxygen atoms in total. The summed E-state index contributed by atoms with van der Waals surface area (Å²) in [7, 11) is 0. The molecule has 0 spiro atoms. The van der Waals surface area contributed by atoms with E-state index in [0.717, 1.165) is 12.8 Å². The molecule has 0 aromatic heterocycles. The lowest BCUT2D eigenvalue weighted by Crippen LogP contribution is -2.39. The van der Waals surface area contributed by atoms with Crippen molar-refractivity contribution in [3.05, 3.63) is 35.6 Å². The number of nitrogens with two attached hydrogens (primary N) is 1. The van der Waals surface area contributed by atoms with Crippen LogP contribution < -0.4 is 5.73 Å². The molecule has 22 heavy (non-hydrogen) atoms. The van der Waals surface area contributed by atoms with Crippen LogP contribution in [-0.4, -0.2) is 36.1 Å². The van der Waals surface area contributed by atoms with E-state index in [1.54, 1.807) is 17.0 Å². The number of carbonyl (C=O) groups is 1. The summed E-state index contributed by atoms with van der Waals surface area (Å²) in [5.41, 5.74) is 6.22. The van der Waals surface area contributed by atoms with Crippen LogP contribution in [0.15, 0.2) is 24.3 Å². The van der Waals surface area contributed by atoms with Crippen LogP contribution in [0.3, 0.4) is 0 Å². The molecule has 0 radical (unpaired) electrons.